The summed E-state index contributed by atoms with van der Waals surface area (Å²) >= 11 is 0. The normalized spacial score (nSPS) is 18.0. The van der Waals surface area contributed by atoms with Gasteiger partial charge in [-0.2, -0.15) is 0 Å². The van der Waals surface area contributed by atoms with Gasteiger partial charge in [-0.05, 0) is 36.3 Å². The first-order valence-corrected chi connectivity index (χ1v) is 9.03. The van der Waals surface area contributed by atoms with Crippen LogP contribution in [-0.2, 0) is 17.9 Å². The second kappa shape index (κ2) is 9.40. The molecule has 3 rings (SSSR count). The molecule has 0 spiro atoms. The number of halogens is 1. The summed E-state index contributed by atoms with van der Waals surface area (Å²) in [4.78, 5) is 20.9. The number of carbonyl (C=O) groups is 1. The van der Waals surface area contributed by atoms with E-state index in [1.165, 1.54) is 24.0 Å². The molecule has 0 bridgehead atoms. The number of nitrogens with two attached hydrogens (primary N) is 1. The van der Waals surface area contributed by atoms with Gasteiger partial charge in [-0.25, -0.2) is 0 Å². The highest BCUT2D eigenvalue weighted by Gasteiger charge is 2.22. The number of hydrogen-bond acceptors (Lipinski definition) is 2. The van der Waals surface area contributed by atoms with Gasteiger partial charge >= 0.3 is 0 Å². The number of amides is 1. The van der Waals surface area contributed by atoms with Crippen LogP contribution in [0.1, 0.15) is 43.7 Å². The van der Waals surface area contributed by atoms with Crippen LogP contribution in [0.2, 0.25) is 0 Å². The van der Waals surface area contributed by atoms with Gasteiger partial charge in [-0.3, -0.25) is 9.79 Å². The summed E-state index contributed by atoms with van der Waals surface area (Å²) in [5, 5.41) is 0. The highest BCUT2D eigenvalue weighted by atomic mass is 127. The van der Waals surface area contributed by atoms with E-state index in [-0.39, 0.29) is 29.9 Å². The monoisotopic (exact) mass is 456 g/mol. The quantitative estimate of drug-likeness (QED) is 0.328. The molecule has 25 heavy (non-hydrogen) atoms. The van der Waals surface area contributed by atoms with Gasteiger partial charge < -0.3 is 15.5 Å². The molecule has 0 saturated carbocycles. The van der Waals surface area contributed by atoms with E-state index in [0.29, 0.717) is 18.9 Å². The Bertz CT molecular complexity index is 586. The number of guanidine groups is 1. The van der Waals surface area contributed by atoms with E-state index in [2.05, 4.69) is 28.9 Å². The molecule has 2 aliphatic heterocycles. The molecule has 1 saturated heterocycles. The van der Waals surface area contributed by atoms with Crippen LogP contribution in [0.15, 0.2) is 29.3 Å². The van der Waals surface area contributed by atoms with Crippen LogP contribution in [0.5, 0.6) is 0 Å². The molecule has 1 aromatic rings. The minimum atomic E-state index is 0. The van der Waals surface area contributed by atoms with Crippen LogP contribution in [0, 0.1) is 5.92 Å². The second-order valence-corrected chi connectivity index (χ2v) is 7.03. The first-order valence-electron chi connectivity index (χ1n) is 9.03. The third kappa shape index (κ3) is 5.33. The molecule has 6 heteroatoms. The molecular formula is C19H29IN4O. The highest BCUT2D eigenvalue weighted by molar-refractivity contribution is 14.0. The number of hydrogen-bond donors (Lipinski definition) is 1. The fourth-order valence-corrected chi connectivity index (χ4v) is 3.43. The van der Waals surface area contributed by atoms with Crippen molar-refractivity contribution >= 4 is 35.8 Å². The van der Waals surface area contributed by atoms with Crippen LogP contribution < -0.4 is 5.73 Å². The summed E-state index contributed by atoms with van der Waals surface area (Å²) < 4.78 is 0. The van der Waals surface area contributed by atoms with Gasteiger partial charge in [0.1, 0.15) is 0 Å². The summed E-state index contributed by atoms with van der Waals surface area (Å²) in [6, 6.07) is 8.28. The van der Waals surface area contributed by atoms with Gasteiger partial charge in [0.2, 0.25) is 5.91 Å². The van der Waals surface area contributed by atoms with Gasteiger partial charge in [0.15, 0.2) is 5.96 Å². The Morgan fingerprint density at radius 2 is 1.76 bits per heavy atom. The SMILES string of the molecule is CC1CCN(C(N)=NCCCC(=O)N2Cc3ccccc3C2)CC1.I. The second-order valence-electron chi connectivity index (χ2n) is 7.03. The first kappa shape index (κ1) is 20.0. The Hall–Kier alpha value is -1.31. The zero-order chi connectivity index (χ0) is 16.9. The Morgan fingerprint density at radius 1 is 1.16 bits per heavy atom. The van der Waals surface area contributed by atoms with Crippen molar-refractivity contribution in [1.82, 2.24) is 9.80 Å². The topological polar surface area (TPSA) is 61.9 Å². The van der Waals surface area contributed by atoms with Crippen LogP contribution in [-0.4, -0.2) is 41.3 Å². The molecule has 1 fully saturated rings. The zero-order valence-corrected chi connectivity index (χ0v) is 17.3. The molecule has 0 radical (unpaired) electrons. The minimum Gasteiger partial charge on any atom is -0.370 e. The van der Waals surface area contributed by atoms with Crippen molar-refractivity contribution in [2.45, 2.75) is 45.7 Å². The lowest BCUT2D eigenvalue weighted by atomic mass is 10.00. The zero-order valence-electron chi connectivity index (χ0n) is 15.0. The van der Waals surface area contributed by atoms with E-state index in [1.807, 2.05) is 17.0 Å². The standard InChI is InChI=1S/C19H28N4O.HI/c1-15-8-11-22(12-9-15)19(20)21-10-4-7-18(24)23-13-16-5-2-3-6-17(16)14-23;/h2-3,5-6,15H,4,7-14H2,1H3,(H2,20,21);1H. The number of aliphatic imine (C=N–C) groups is 1. The number of fused-ring (bicyclic) bond motifs is 1. The number of likely N-dealkylation sites (tertiary alicyclic amines) is 1. The maximum absolute atomic E-state index is 12.3. The van der Waals surface area contributed by atoms with Crippen molar-refractivity contribution in [3.8, 4) is 0 Å². The highest BCUT2D eigenvalue weighted by Crippen LogP contribution is 2.23. The Kier molecular flexibility index (Phi) is 7.53. The molecule has 0 atom stereocenters. The number of piperidine rings is 1. The lowest BCUT2D eigenvalue weighted by Gasteiger charge is -2.31. The molecule has 0 aliphatic carbocycles. The van der Waals surface area contributed by atoms with Crippen molar-refractivity contribution in [1.29, 1.82) is 0 Å². The molecule has 0 aromatic heterocycles. The van der Waals surface area contributed by atoms with Crippen LogP contribution in [0.4, 0.5) is 0 Å². The number of carbonyl (C=O) groups excluding carboxylic acids is 1. The number of benzene rings is 1. The molecule has 2 aliphatic rings. The summed E-state index contributed by atoms with van der Waals surface area (Å²) in [6.07, 6.45) is 3.67. The van der Waals surface area contributed by atoms with Crippen molar-refractivity contribution in [3.05, 3.63) is 35.4 Å². The Morgan fingerprint density at radius 3 is 2.36 bits per heavy atom. The molecule has 0 unspecified atom stereocenters. The van der Waals surface area contributed by atoms with Crippen LogP contribution >= 0.6 is 24.0 Å². The summed E-state index contributed by atoms with van der Waals surface area (Å²) in [5.41, 5.74) is 8.61. The molecule has 2 N–H and O–H groups in total. The van der Waals surface area contributed by atoms with Gasteiger partial charge in [0, 0.05) is 39.1 Å². The van der Waals surface area contributed by atoms with Gasteiger partial charge in [0.25, 0.3) is 0 Å². The summed E-state index contributed by atoms with van der Waals surface area (Å²) in [7, 11) is 0. The predicted octanol–water partition coefficient (Wildman–Crippen LogP) is 2.97. The van der Waals surface area contributed by atoms with Crippen molar-refractivity contribution in [3.63, 3.8) is 0 Å². The lowest BCUT2D eigenvalue weighted by molar-refractivity contribution is -0.131. The van der Waals surface area contributed by atoms with E-state index in [1.54, 1.807) is 0 Å². The van der Waals surface area contributed by atoms with Gasteiger partial charge in [0.05, 0.1) is 0 Å². The third-order valence-electron chi connectivity index (χ3n) is 5.12. The average Bonchev–Trinajstić information content (AvgIpc) is 3.03. The average molecular weight is 456 g/mol. The van der Waals surface area contributed by atoms with E-state index >= 15 is 0 Å². The molecule has 138 valence electrons. The molecule has 1 aromatic carbocycles. The number of nitrogens with zero attached hydrogens (tertiary/aromatic N) is 3. The fourth-order valence-electron chi connectivity index (χ4n) is 3.43. The predicted molar refractivity (Wildman–Crippen MR) is 112 cm³/mol. The first-order chi connectivity index (χ1) is 11.6. The van der Waals surface area contributed by atoms with Gasteiger partial charge in [-0.15, -0.1) is 24.0 Å². The largest absolute Gasteiger partial charge is 0.370 e. The fraction of sp³-hybridized carbons (Fsp3) is 0.579. The van der Waals surface area contributed by atoms with Crippen molar-refractivity contribution in [2.75, 3.05) is 19.6 Å². The third-order valence-corrected chi connectivity index (χ3v) is 5.12. The summed E-state index contributed by atoms with van der Waals surface area (Å²) in [5.74, 6) is 1.64. The number of rotatable bonds is 4. The Labute approximate surface area is 167 Å². The molecule has 2 heterocycles. The van der Waals surface area contributed by atoms with Crippen molar-refractivity contribution < 1.29 is 4.79 Å². The van der Waals surface area contributed by atoms with Gasteiger partial charge in [-0.1, -0.05) is 31.2 Å². The smallest absolute Gasteiger partial charge is 0.223 e. The molecular weight excluding hydrogens is 427 g/mol. The van der Waals surface area contributed by atoms with E-state index in [9.17, 15) is 4.79 Å². The lowest BCUT2D eigenvalue weighted by Crippen LogP contribution is -2.42. The maximum Gasteiger partial charge on any atom is 0.223 e. The van der Waals surface area contributed by atoms with E-state index in [0.717, 1.165) is 38.5 Å². The van der Waals surface area contributed by atoms with E-state index < -0.39 is 0 Å². The molecule has 1 amide bonds. The molecule has 5 nitrogen and oxygen atoms in total. The minimum absolute atomic E-state index is 0. The van der Waals surface area contributed by atoms with Crippen molar-refractivity contribution in [2.24, 2.45) is 16.6 Å². The maximum atomic E-state index is 12.3. The Balaban J connectivity index is 0.00000225. The van der Waals surface area contributed by atoms with E-state index in [4.69, 9.17) is 5.73 Å². The summed E-state index contributed by atoms with van der Waals surface area (Å²) in [6.45, 7) is 6.40. The van der Waals surface area contributed by atoms with Crippen LogP contribution in [0.3, 0.4) is 0 Å². The van der Waals surface area contributed by atoms with Crippen LogP contribution in [0.25, 0.3) is 0 Å².